The number of nitro groups is 2. The maximum Gasteiger partial charge on any atom is 0.416 e. The number of rotatable bonds is 5. The quantitative estimate of drug-likeness (QED) is 0.481. The van der Waals surface area contributed by atoms with E-state index in [1.165, 1.54) is 6.21 Å². The zero-order chi connectivity index (χ0) is 19.5. The fraction of sp³-hybridized carbons (Fsp3) is 0.133. The highest BCUT2D eigenvalue weighted by atomic mass is 19.4. The van der Waals surface area contributed by atoms with Gasteiger partial charge in [0.1, 0.15) is 0 Å². The largest absolute Gasteiger partial charge is 0.416 e. The first-order chi connectivity index (χ1) is 12.1. The molecule has 0 spiro atoms. The zero-order valence-corrected chi connectivity index (χ0v) is 13.1. The molecule has 0 amide bonds. The lowest BCUT2D eigenvalue weighted by atomic mass is 10.1. The van der Waals surface area contributed by atoms with Gasteiger partial charge >= 0.3 is 17.6 Å². The minimum Gasteiger partial charge on any atom is -0.266 e. The topological polar surface area (TPSA) is 111 Å². The summed E-state index contributed by atoms with van der Waals surface area (Å²) < 4.78 is 38.5. The lowest BCUT2D eigenvalue weighted by Crippen LogP contribution is -2.09. The van der Waals surface area contributed by atoms with Gasteiger partial charge in [0.15, 0.2) is 0 Å². The molecule has 0 atom stereocenters. The third-order valence-electron chi connectivity index (χ3n) is 3.28. The molecule has 2 aromatic carbocycles. The molecule has 8 nitrogen and oxygen atoms in total. The van der Waals surface area contributed by atoms with Crippen molar-refractivity contribution in [1.29, 1.82) is 0 Å². The van der Waals surface area contributed by atoms with Crippen molar-refractivity contribution in [2.75, 3.05) is 5.43 Å². The minimum atomic E-state index is -4.97. The molecule has 0 aromatic heterocycles. The number of benzene rings is 2. The highest BCUT2D eigenvalue weighted by Gasteiger charge is 2.37. The molecule has 0 bridgehead atoms. The van der Waals surface area contributed by atoms with Gasteiger partial charge in [-0.05, 0) is 12.5 Å². The summed E-state index contributed by atoms with van der Waals surface area (Å²) in [6, 6.07) is 7.33. The fourth-order valence-electron chi connectivity index (χ4n) is 2.00. The molecule has 0 saturated heterocycles. The summed E-state index contributed by atoms with van der Waals surface area (Å²) in [6.45, 7) is 1.86. The normalized spacial score (nSPS) is 11.5. The molecular weight excluding hydrogens is 357 g/mol. The Balaban J connectivity index is 2.46. The van der Waals surface area contributed by atoms with E-state index in [2.05, 4.69) is 10.5 Å². The third-order valence-corrected chi connectivity index (χ3v) is 3.28. The van der Waals surface area contributed by atoms with Gasteiger partial charge in [0, 0.05) is 12.1 Å². The Morgan fingerprint density at radius 1 is 1.04 bits per heavy atom. The second kappa shape index (κ2) is 7.17. The smallest absolute Gasteiger partial charge is 0.266 e. The Hall–Kier alpha value is -3.50. The Kier molecular flexibility index (Phi) is 5.19. The van der Waals surface area contributed by atoms with Crippen LogP contribution in [-0.2, 0) is 6.18 Å². The Morgan fingerprint density at radius 2 is 1.54 bits per heavy atom. The molecule has 2 rings (SSSR count). The molecule has 0 radical (unpaired) electrons. The van der Waals surface area contributed by atoms with E-state index >= 15 is 0 Å². The van der Waals surface area contributed by atoms with Gasteiger partial charge in [-0.2, -0.15) is 18.3 Å². The monoisotopic (exact) mass is 368 g/mol. The standard InChI is InChI=1S/C15H11F3N4O4/c1-9-2-4-10(5-3-9)8-19-20-14-12(21(23)24)6-11(15(16,17)18)7-13(14)22(25)26/h2-8,20H,1H3/b19-8-. The van der Waals surface area contributed by atoms with E-state index in [1.807, 2.05) is 6.92 Å². The van der Waals surface area contributed by atoms with Gasteiger partial charge in [-0.1, -0.05) is 29.8 Å². The first-order valence-electron chi connectivity index (χ1n) is 6.99. The van der Waals surface area contributed by atoms with Gasteiger partial charge in [0.2, 0.25) is 5.69 Å². The molecule has 0 aliphatic rings. The predicted molar refractivity (Wildman–Crippen MR) is 87.1 cm³/mol. The number of nitrogens with zero attached hydrogens (tertiary/aromatic N) is 3. The van der Waals surface area contributed by atoms with Crippen molar-refractivity contribution in [3.63, 3.8) is 0 Å². The number of nitro benzene ring substituents is 2. The van der Waals surface area contributed by atoms with Crippen LogP contribution in [0.1, 0.15) is 16.7 Å². The molecule has 136 valence electrons. The van der Waals surface area contributed by atoms with E-state index in [-0.39, 0.29) is 12.1 Å². The lowest BCUT2D eigenvalue weighted by molar-refractivity contribution is -0.392. The lowest BCUT2D eigenvalue weighted by Gasteiger charge is -2.09. The second-order valence-corrected chi connectivity index (χ2v) is 5.18. The van der Waals surface area contributed by atoms with Gasteiger partial charge in [0.25, 0.3) is 0 Å². The summed E-state index contributed by atoms with van der Waals surface area (Å²) in [6.07, 6.45) is -3.75. The highest BCUT2D eigenvalue weighted by molar-refractivity contribution is 5.82. The average molecular weight is 368 g/mol. The first kappa shape index (κ1) is 18.8. The summed E-state index contributed by atoms with van der Waals surface area (Å²) >= 11 is 0. The molecule has 0 aliphatic heterocycles. The molecule has 0 fully saturated rings. The summed E-state index contributed by atoms with van der Waals surface area (Å²) in [5.74, 6) is 0. The number of aryl methyl sites for hydroxylation is 1. The molecule has 1 N–H and O–H groups in total. The number of hydrogen-bond acceptors (Lipinski definition) is 6. The number of anilines is 1. The number of hydrogen-bond donors (Lipinski definition) is 1. The van der Waals surface area contributed by atoms with Crippen molar-refractivity contribution in [3.8, 4) is 0 Å². The maximum absolute atomic E-state index is 12.8. The van der Waals surface area contributed by atoms with Crippen LogP contribution in [0.5, 0.6) is 0 Å². The second-order valence-electron chi connectivity index (χ2n) is 5.18. The van der Waals surface area contributed by atoms with Crippen LogP contribution in [-0.4, -0.2) is 16.1 Å². The summed E-state index contributed by atoms with van der Waals surface area (Å²) in [4.78, 5) is 19.8. The first-order valence-corrected chi connectivity index (χ1v) is 6.99. The van der Waals surface area contributed by atoms with Gasteiger partial charge in [0.05, 0.1) is 21.6 Å². The van der Waals surface area contributed by atoms with Crippen LogP contribution in [0.15, 0.2) is 41.5 Å². The summed E-state index contributed by atoms with van der Waals surface area (Å²) in [5.41, 5.74) is -0.779. The number of alkyl halides is 3. The fourth-order valence-corrected chi connectivity index (χ4v) is 2.00. The van der Waals surface area contributed by atoms with Crippen molar-refractivity contribution in [3.05, 3.63) is 73.3 Å². The van der Waals surface area contributed by atoms with Crippen molar-refractivity contribution >= 4 is 23.3 Å². The van der Waals surface area contributed by atoms with Crippen molar-refractivity contribution in [2.24, 2.45) is 5.10 Å². The van der Waals surface area contributed by atoms with Crippen LogP contribution >= 0.6 is 0 Å². The van der Waals surface area contributed by atoms with Gasteiger partial charge < -0.3 is 0 Å². The molecule has 2 aromatic rings. The van der Waals surface area contributed by atoms with Crippen LogP contribution in [0.4, 0.5) is 30.2 Å². The minimum absolute atomic E-state index is 0.219. The van der Waals surface area contributed by atoms with E-state index in [9.17, 15) is 33.4 Å². The number of halogens is 3. The van der Waals surface area contributed by atoms with Gasteiger partial charge in [-0.25, -0.2) is 0 Å². The summed E-state index contributed by atoms with van der Waals surface area (Å²) in [7, 11) is 0. The van der Waals surface area contributed by atoms with Gasteiger partial charge in [-0.3, -0.25) is 25.7 Å². The third kappa shape index (κ3) is 4.32. The van der Waals surface area contributed by atoms with E-state index in [0.717, 1.165) is 5.56 Å². The average Bonchev–Trinajstić information content (AvgIpc) is 2.55. The van der Waals surface area contributed by atoms with Crippen LogP contribution < -0.4 is 5.43 Å². The Labute approximate surface area is 144 Å². The molecule has 0 aliphatic carbocycles. The van der Waals surface area contributed by atoms with E-state index in [0.29, 0.717) is 5.56 Å². The van der Waals surface area contributed by atoms with Crippen molar-refractivity contribution < 1.29 is 23.0 Å². The zero-order valence-electron chi connectivity index (χ0n) is 13.1. The molecular formula is C15H11F3N4O4. The van der Waals surface area contributed by atoms with E-state index < -0.39 is 38.6 Å². The van der Waals surface area contributed by atoms with Crippen LogP contribution in [0.2, 0.25) is 0 Å². The Morgan fingerprint density at radius 3 is 1.96 bits per heavy atom. The molecule has 26 heavy (non-hydrogen) atoms. The molecule has 0 heterocycles. The van der Waals surface area contributed by atoms with Crippen molar-refractivity contribution in [1.82, 2.24) is 0 Å². The van der Waals surface area contributed by atoms with Crippen molar-refractivity contribution in [2.45, 2.75) is 13.1 Å². The van der Waals surface area contributed by atoms with E-state index in [4.69, 9.17) is 0 Å². The molecule has 0 unspecified atom stereocenters. The van der Waals surface area contributed by atoms with Crippen LogP contribution in [0.25, 0.3) is 0 Å². The van der Waals surface area contributed by atoms with Crippen LogP contribution in [0.3, 0.4) is 0 Å². The predicted octanol–water partition coefficient (Wildman–Crippen LogP) is 4.28. The Bertz CT molecular complexity index is 844. The maximum atomic E-state index is 12.8. The van der Waals surface area contributed by atoms with Crippen LogP contribution in [0, 0.1) is 27.2 Å². The highest BCUT2D eigenvalue weighted by Crippen LogP contribution is 2.41. The molecule has 0 saturated carbocycles. The van der Waals surface area contributed by atoms with Gasteiger partial charge in [-0.15, -0.1) is 0 Å². The SMILES string of the molecule is Cc1ccc(/C=N\Nc2c([N+](=O)[O-])cc(C(F)(F)F)cc2[N+](=O)[O-])cc1. The number of hydrazone groups is 1. The summed E-state index contributed by atoms with van der Waals surface area (Å²) in [5, 5.41) is 25.8. The van der Waals surface area contributed by atoms with E-state index in [1.54, 1.807) is 24.3 Å². The molecule has 11 heteroatoms. The number of nitrogens with one attached hydrogen (secondary N) is 1.